The maximum absolute atomic E-state index is 10.3. The SMILES string of the molecule is O=C(O)CC=Cc1cc(Cl)c(Cl)c(Cl)c1. The number of hydrogen-bond donors (Lipinski definition) is 1. The van der Waals surface area contributed by atoms with Crippen molar-refractivity contribution in [1.82, 2.24) is 0 Å². The van der Waals surface area contributed by atoms with Crippen molar-refractivity contribution in [2.75, 3.05) is 0 Å². The highest BCUT2D eigenvalue weighted by Crippen LogP contribution is 2.31. The van der Waals surface area contributed by atoms with E-state index in [1.54, 1.807) is 18.2 Å². The molecule has 15 heavy (non-hydrogen) atoms. The summed E-state index contributed by atoms with van der Waals surface area (Å²) < 4.78 is 0. The van der Waals surface area contributed by atoms with E-state index < -0.39 is 5.97 Å². The average Bonchev–Trinajstić information content (AvgIpc) is 2.13. The molecule has 0 heterocycles. The largest absolute Gasteiger partial charge is 0.481 e. The number of aliphatic carboxylic acids is 1. The van der Waals surface area contributed by atoms with Crippen molar-refractivity contribution in [2.24, 2.45) is 0 Å². The van der Waals surface area contributed by atoms with Crippen molar-refractivity contribution in [3.63, 3.8) is 0 Å². The summed E-state index contributed by atoms with van der Waals surface area (Å²) in [6.45, 7) is 0. The molecule has 0 aromatic heterocycles. The van der Waals surface area contributed by atoms with Crippen LogP contribution in [-0.4, -0.2) is 11.1 Å². The molecule has 0 unspecified atom stereocenters. The summed E-state index contributed by atoms with van der Waals surface area (Å²) in [5.41, 5.74) is 0.718. The van der Waals surface area contributed by atoms with Gasteiger partial charge >= 0.3 is 5.97 Å². The van der Waals surface area contributed by atoms with E-state index in [0.717, 1.165) is 5.56 Å². The summed E-state index contributed by atoms with van der Waals surface area (Å²) in [4.78, 5) is 10.3. The fourth-order valence-corrected chi connectivity index (χ4v) is 1.58. The van der Waals surface area contributed by atoms with Crippen molar-refractivity contribution < 1.29 is 9.90 Å². The minimum atomic E-state index is -0.891. The van der Waals surface area contributed by atoms with Gasteiger partial charge in [0.05, 0.1) is 21.5 Å². The van der Waals surface area contributed by atoms with Crippen molar-refractivity contribution in [2.45, 2.75) is 6.42 Å². The van der Waals surface area contributed by atoms with Crippen LogP contribution in [0.5, 0.6) is 0 Å². The topological polar surface area (TPSA) is 37.3 Å². The normalized spacial score (nSPS) is 10.9. The molecule has 1 N–H and O–H groups in total. The van der Waals surface area contributed by atoms with Crippen molar-refractivity contribution in [1.29, 1.82) is 0 Å². The van der Waals surface area contributed by atoms with Crippen LogP contribution in [0.15, 0.2) is 18.2 Å². The first-order valence-electron chi connectivity index (χ1n) is 4.03. The van der Waals surface area contributed by atoms with E-state index >= 15 is 0 Å². The molecule has 2 nitrogen and oxygen atoms in total. The number of carbonyl (C=O) groups is 1. The molecule has 1 aromatic carbocycles. The van der Waals surface area contributed by atoms with Crippen molar-refractivity contribution in [3.05, 3.63) is 38.8 Å². The van der Waals surface area contributed by atoms with Gasteiger partial charge in [-0.2, -0.15) is 0 Å². The molecule has 0 saturated heterocycles. The Morgan fingerprint density at radius 2 is 1.80 bits per heavy atom. The van der Waals surface area contributed by atoms with Gasteiger partial charge in [-0.05, 0) is 17.7 Å². The van der Waals surface area contributed by atoms with Crippen LogP contribution in [0, 0.1) is 0 Å². The van der Waals surface area contributed by atoms with Gasteiger partial charge < -0.3 is 5.11 Å². The molecular formula is C10H7Cl3O2. The average molecular weight is 266 g/mol. The summed E-state index contributed by atoms with van der Waals surface area (Å²) >= 11 is 17.3. The number of rotatable bonds is 3. The maximum atomic E-state index is 10.3. The second-order valence-electron chi connectivity index (χ2n) is 2.80. The van der Waals surface area contributed by atoms with E-state index in [1.807, 2.05) is 0 Å². The number of carboxylic acid groups (broad SMARTS) is 1. The van der Waals surface area contributed by atoms with Crippen LogP contribution in [0.25, 0.3) is 6.08 Å². The van der Waals surface area contributed by atoms with Crippen LogP contribution < -0.4 is 0 Å². The van der Waals surface area contributed by atoms with Gasteiger partial charge in [0, 0.05) is 0 Å². The fourth-order valence-electron chi connectivity index (χ4n) is 0.967. The minimum absolute atomic E-state index is 0.0438. The molecule has 0 spiro atoms. The van der Waals surface area contributed by atoms with Crippen LogP contribution in [0.4, 0.5) is 0 Å². The van der Waals surface area contributed by atoms with Crippen LogP contribution in [0.1, 0.15) is 12.0 Å². The van der Waals surface area contributed by atoms with Crippen molar-refractivity contribution in [3.8, 4) is 0 Å². The molecule has 80 valence electrons. The smallest absolute Gasteiger partial charge is 0.307 e. The molecule has 0 atom stereocenters. The van der Waals surface area contributed by atoms with E-state index in [0.29, 0.717) is 15.1 Å². The second kappa shape index (κ2) is 5.40. The predicted octanol–water partition coefficient (Wildman–Crippen LogP) is 4.13. The predicted molar refractivity (Wildman–Crippen MR) is 62.8 cm³/mol. The van der Waals surface area contributed by atoms with Gasteiger partial charge in [-0.1, -0.05) is 47.0 Å². The zero-order valence-corrected chi connectivity index (χ0v) is 9.77. The molecule has 0 aliphatic carbocycles. The molecule has 0 radical (unpaired) electrons. The number of halogens is 3. The van der Waals surface area contributed by atoms with E-state index in [4.69, 9.17) is 39.9 Å². The van der Waals surface area contributed by atoms with E-state index in [2.05, 4.69) is 0 Å². The van der Waals surface area contributed by atoms with Gasteiger partial charge in [-0.15, -0.1) is 0 Å². The Kier molecular flexibility index (Phi) is 4.45. The van der Waals surface area contributed by atoms with Crippen LogP contribution in [0.2, 0.25) is 15.1 Å². The summed E-state index contributed by atoms with van der Waals surface area (Å²) in [7, 11) is 0. The molecule has 5 heteroatoms. The van der Waals surface area contributed by atoms with Crippen LogP contribution >= 0.6 is 34.8 Å². The van der Waals surface area contributed by atoms with E-state index in [9.17, 15) is 4.79 Å². The lowest BCUT2D eigenvalue weighted by Crippen LogP contribution is -1.89. The van der Waals surface area contributed by atoms with E-state index in [1.165, 1.54) is 6.08 Å². The lowest BCUT2D eigenvalue weighted by atomic mass is 10.2. The number of carboxylic acids is 1. The summed E-state index contributed by atoms with van der Waals surface area (Å²) in [5, 5.41) is 9.41. The molecule has 0 saturated carbocycles. The Balaban J connectivity index is 2.87. The zero-order chi connectivity index (χ0) is 11.4. The second-order valence-corrected chi connectivity index (χ2v) is 3.99. The third-order valence-electron chi connectivity index (χ3n) is 1.61. The Morgan fingerprint density at radius 1 is 1.27 bits per heavy atom. The molecule has 0 amide bonds. The fraction of sp³-hybridized carbons (Fsp3) is 0.100. The molecule has 0 bridgehead atoms. The Labute approximate surface area is 102 Å². The van der Waals surface area contributed by atoms with Crippen molar-refractivity contribution >= 4 is 46.8 Å². The first-order valence-corrected chi connectivity index (χ1v) is 5.17. The summed E-state index contributed by atoms with van der Waals surface area (Å²) in [6.07, 6.45) is 3.10. The minimum Gasteiger partial charge on any atom is -0.481 e. The van der Waals surface area contributed by atoms with Gasteiger partial charge in [0.2, 0.25) is 0 Å². The molecular weight excluding hydrogens is 258 g/mol. The summed E-state index contributed by atoms with van der Waals surface area (Å²) in [5.74, 6) is -0.891. The monoisotopic (exact) mass is 264 g/mol. The van der Waals surface area contributed by atoms with Gasteiger partial charge in [0.1, 0.15) is 0 Å². The Hall–Kier alpha value is -0.700. The molecule has 1 rings (SSSR count). The highest BCUT2D eigenvalue weighted by Gasteiger charge is 2.03. The quantitative estimate of drug-likeness (QED) is 0.834. The molecule has 0 aliphatic rings. The highest BCUT2D eigenvalue weighted by molar-refractivity contribution is 6.48. The standard InChI is InChI=1S/C10H7Cl3O2/c11-7-4-6(2-1-3-9(14)15)5-8(12)10(7)13/h1-2,4-5H,3H2,(H,14,15). The Bertz CT molecular complexity index is 390. The Morgan fingerprint density at radius 3 is 2.27 bits per heavy atom. The number of benzene rings is 1. The third-order valence-corrected chi connectivity index (χ3v) is 2.81. The third kappa shape index (κ3) is 3.74. The van der Waals surface area contributed by atoms with Crippen LogP contribution in [-0.2, 0) is 4.79 Å². The zero-order valence-electron chi connectivity index (χ0n) is 7.51. The molecule has 0 aliphatic heterocycles. The van der Waals surface area contributed by atoms with Gasteiger partial charge in [0.25, 0.3) is 0 Å². The molecule has 1 aromatic rings. The van der Waals surface area contributed by atoms with Gasteiger partial charge in [-0.25, -0.2) is 0 Å². The maximum Gasteiger partial charge on any atom is 0.307 e. The summed E-state index contributed by atoms with van der Waals surface area (Å²) in [6, 6.07) is 3.24. The van der Waals surface area contributed by atoms with E-state index in [-0.39, 0.29) is 6.42 Å². The lowest BCUT2D eigenvalue weighted by Gasteiger charge is -2.00. The lowest BCUT2D eigenvalue weighted by molar-refractivity contribution is -0.135. The molecule has 0 fully saturated rings. The first kappa shape index (κ1) is 12.4. The van der Waals surface area contributed by atoms with Gasteiger partial charge in [-0.3, -0.25) is 4.79 Å². The number of hydrogen-bond acceptors (Lipinski definition) is 1. The highest BCUT2D eigenvalue weighted by atomic mass is 35.5. The van der Waals surface area contributed by atoms with Crippen LogP contribution in [0.3, 0.4) is 0 Å². The van der Waals surface area contributed by atoms with Gasteiger partial charge in [0.15, 0.2) is 0 Å². The first-order chi connectivity index (χ1) is 7.00.